The fraction of sp³-hybridized carbons (Fsp3) is 0.167. The third-order valence-electron chi connectivity index (χ3n) is 3.71. The van der Waals surface area contributed by atoms with E-state index in [9.17, 15) is 14.4 Å². The molecule has 122 valence electrons. The van der Waals surface area contributed by atoms with E-state index in [-0.39, 0.29) is 18.7 Å². The molecule has 6 heteroatoms. The second-order valence-electron chi connectivity index (χ2n) is 5.27. The number of hydrogen-bond acceptors (Lipinski definition) is 5. The van der Waals surface area contributed by atoms with Crippen molar-refractivity contribution < 1.29 is 23.9 Å². The molecule has 0 bridgehead atoms. The molecular weight excluding hydrogens is 310 g/mol. The molecule has 0 aliphatic carbocycles. The smallest absolute Gasteiger partial charge is 0.422 e. The molecule has 1 heterocycles. The van der Waals surface area contributed by atoms with Gasteiger partial charge in [0.15, 0.2) is 5.76 Å². The van der Waals surface area contributed by atoms with Crippen LogP contribution in [0.1, 0.15) is 12.0 Å². The van der Waals surface area contributed by atoms with Crippen molar-refractivity contribution in [1.82, 2.24) is 4.90 Å². The Bertz CT molecular complexity index is 855. The van der Waals surface area contributed by atoms with Gasteiger partial charge in [-0.2, -0.15) is 0 Å². The number of hydrogen-bond donors (Lipinski definition) is 0. The molecule has 1 fully saturated rings. The quantitative estimate of drug-likeness (QED) is 0.638. The summed E-state index contributed by atoms with van der Waals surface area (Å²) in [5, 5.41) is 2.10. The summed E-state index contributed by atoms with van der Waals surface area (Å²) in [6.07, 6.45) is 0.668. The van der Waals surface area contributed by atoms with Gasteiger partial charge in [-0.1, -0.05) is 36.4 Å². The normalized spacial score (nSPS) is 15.9. The van der Waals surface area contributed by atoms with Crippen molar-refractivity contribution in [2.75, 3.05) is 13.7 Å². The summed E-state index contributed by atoms with van der Waals surface area (Å²) in [4.78, 5) is 36.1. The molecule has 1 saturated heterocycles. The van der Waals surface area contributed by atoms with Crippen molar-refractivity contribution >= 4 is 34.8 Å². The standard InChI is InChI=1S/C18H15NO5/c1-23-16(20)8-9-19-17(21)15(24-18(19)22)11-12-6-7-13-4-2-3-5-14(13)10-12/h2-7,10-11H,8-9H2,1H3. The van der Waals surface area contributed by atoms with Crippen LogP contribution in [0.5, 0.6) is 0 Å². The number of carbonyl (C=O) groups is 3. The molecule has 0 aromatic heterocycles. The van der Waals surface area contributed by atoms with Gasteiger partial charge in [0.05, 0.1) is 13.5 Å². The fourth-order valence-corrected chi connectivity index (χ4v) is 2.45. The van der Waals surface area contributed by atoms with Gasteiger partial charge < -0.3 is 9.47 Å². The van der Waals surface area contributed by atoms with Gasteiger partial charge in [-0.15, -0.1) is 0 Å². The van der Waals surface area contributed by atoms with E-state index in [1.54, 1.807) is 0 Å². The minimum atomic E-state index is -0.782. The summed E-state index contributed by atoms with van der Waals surface area (Å²) in [5.74, 6) is -1.11. The number of carbonyl (C=O) groups excluding carboxylic acids is 3. The maximum absolute atomic E-state index is 12.2. The minimum absolute atomic E-state index is 0.0554. The Balaban J connectivity index is 1.80. The van der Waals surface area contributed by atoms with Crippen molar-refractivity contribution in [2.45, 2.75) is 6.42 Å². The topological polar surface area (TPSA) is 72.9 Å². The van der Waals surface area contributed by atoms with Crippen LogP contribution in [-0.2, 0) is 19.1 Å². The number of nitrogens with zero attached hydrogens (tertiary/aromatic N) is 1. The lowest BCUT2D eigenvalue weighted by Gasteiger charge is -2.08. The van der Waals surface area contributed by atoms with Gasteiger partial charge in [0, 0.05) is 6.54 Å². The first-order chi connectivity index (χ1) is 11.6. The van der Waals surface area contributed by atoms with E-state index in [2.05, 4.69) is 4.74 Å². The molecule has 24 heavy (non-hydrogen) atoms. The second kappa shape index (κ2) is 6.54. The first kappa shape index (κ1) is 15.7. The fourth-order valence-electron chi connectivity index (χ4n) is 2.45. The van der Waals surface area contributed by atoms with Crippen LogP contribution in [-0.4, -0.2) is 36.5 Å². The zero-order valence-electron chi connectivity index (χ0n) is 13.0. The van der Waals surface area contributed by atoms with Gasteiger partial charge in [-0.05, 0) is 28.5 Å². The zero-order valence-corrected chi connectivity index (χ0v) is 13.0. The number of benzene rings is 2. The van der Waals surface area contributed by atoms with E-state index < -0.39 is 18.0 Å². The first-order valence-corrected chi connectivity index (χ1v) is 7.39. The predicted molar refractivity (Wildman–Crippen MR) is 86.8 cm³/mol. The summed E-state index contributed by atoms with van der Waals surface area (Å²) in [5.41, 5.74) is 0.750. The Hall–Kier alpha value is -3.15. The lowest BCUT2D eigenvalue weighted by atomic mass is 10.1. The molecule has 0 atom stereocenters. The van der Waals surface area contributed by atoms with Crippen molar-refractivity contribution in [3.63, 3.8) is 0 Å². The lowest BCUT2D eigenvalue weighted by Crippen LogP contribution is -2.31. The van der Waals surface area contributed by atoms with Crippen LogP contribution < -0.4 is 0 Å². The Morgan fingerprint density at radius 2 is 1.92 bits per heavy atom. The van der Waals surface area contributed by atoms with Crippen LogP contribution in [0.3, 0.4) is 0 Å². The Morgan fingerprint density at radius 1 is 1.17 bits per heavy atom. The van der Waals surface area contributed by atoms with Gasteiger partial charge in [0.25, 0.3) is 5.91 Å². The third kappa shape index (κ3) is 3.12. The summed E-state index contributed by atoms with van der Waals surface area (Å²) in [6.45, 7) is -0.0700. The van der Waals surface area contributed by atoms with Gasteiger partial charge >= 0.3 is 12.1 Å². The maximum Gasteiger partial charge on any atom is 0.422 e. The molecule has 0 N–H and O–H groups in total. The number of methoxy groups -OCH3 is 1. The molecule has 1 aliphatic rings. The number of cyclic esters (lactones) is 1. The molecule has 1 aliphatic heterocycles. The number of amides is 2. The lowest BCUT2D eigenvalue weighted by molar-refractivity contribution is -0.141. The molecule has 3 rings (SSSR count). The summed E-state index contributed by atoms with van der Waals surface area (Å²) in [6, 6.07) is 13.5. The van der Waals surface area contributed by atoms with E-state index in [0.29, 0.717) is 0 Å². The highest BCUT2D eigenvalue weighted by atomic mass is 16.6. The van der Waals surface area contributed by atoms with Gasteiger partial charge in [-0.3, -0.25) is 9.59 Å². The first-order valence-electron chi connectivity index (χ1n) is 7.39. The van der Waals surface area contributed by atoms with Crippen LogP contribution in [0.4, 0.5) is 4.79 Å². The molecule has 0 unspecified atom stereocenters. The summed E-state index contributed by atoms with van der Waals surface area (Å²) < 4.78 is 9.51. The van der Waals surface area contributed by atoms with Gasteiger partial charge in [-0.25, -0.2) is 9.69 Å². The van der Waals surface area contributed by atoms with E-state index in [0.717, 1.165) is 21.2 Å². The molecule has 2 aromatic rings. The van der Waals surface area contributed by atoms with Crippen LogP contribution in [0.2, 0.25) is 0 Å². The van der Waals surface area contributed by atoms with Crippen molar-refractivity contribution in [2.24, 2.45) is 0 Å². The van der Waals surface area contributed by atoms with Crippen LogP contribution in [0, 0.1) is 0 Å². The molecule has 0 spiro atoms. The zero-order chi connectivity index (χ0) is 17.1. The maximum atomic E-state index is 12.2. The van der Waals surface area contributed by atoms with E-state index >= 15 is 0 Å². The van der Waals surface area contributed by atoms with E-state index in [4.69, 9.17) is 4.74 Å². The number of fused-ring (bicyclic) bond motifs is 1. The predicted octanol–water partition coefficient (Wildman–Crippen LogP) is 2.72. The Kier molecular flexibility index (Phi) is 4.29. The Labute approximate surface area is 138 Å². The number of imide groups is 1. The molecule has 6 nitrogen and oxygen atoms in total. The van der Waals surface area contributed by atoms with Crippen LogP contribution in [0.15, 0.2) is 48.2 Å². The summed E-state index contributed by atoms with van der Waals surface area (Å²) >= 11 is 0. The van der Waals surface area contributed by atoms with Crippen LogP contribution in [0.25, 0.3) is 16.8 Å². The minimum Gasteiger partial charge on any atom is -0.469 e. The average Bonchev–Trinajstić information content (AvgIpc) is 2.86. The van der Waals surface area contributed by atoms with Gasteiger partial charge in [0.2, 0.25) is 0 Å². The number of esters is 1. The van der Waals surface area contributed by atoms with E-state index in [1.807, 2.05) is 42.5 Å². The summed E-state index contributed by atoms with van der Waals surface area (Å²) in [7, 11) is 1.25. The third-order valence-corrected chi connectivity index (χ3v) is 3.71. The highest BCUT2D eigenvalue weighted by Gasteiger charge is 2.36. The van der Waals surface area contributed by atoms with Crippen molar-refractivity contribution in [3.8, 4) is 0 Å². The SMILES string of the molecule is COC(=O)CCN1C(=O)OC(=Cc2ccc3ccccc3c2)C1=O. The highest BCUT2D eigenvalue weighted by Crippen LogP contribution is 2.22. The number of rotatable bonds is 4. The molecule has 0 saturated carbocycles. The van der Waals surface area contributed by atoms with Crippen molar-refractivity contribution in [3.05, 3.63) is 53.8 Å². The largest absolute Gasteiger partial charge is 0.469 e. The highest BCUT2D eigenvalue weighted by molar-refractivity contribution is 6.10. The van der Waals surface area contributed by atoms with Gasteiger partial charge in [0.1, 0.15) is 0 Å². The molecule has 0 radical (unpaired) electrons. The Morgan fingerprint density at radius 3 is 2.67 bits per heavy atom. The van der Waals surface area contributed by atoms with E-state index in [1.165, 1.54) is 13.2 Å². The van der Waals surface area contributed by atoms with Crippen molar-refractivity contribution in [1.29, 1.82) is 0 Å². The van der Waals surface area contributed by atoms with Crippen LogP contribution >= 0.6 is 0 Å². The average molecular weight is 325 g/mol. The molecule has 2 aromatic carbocycles. The molecule has 2 amide bonds. The number of ether oxygens (including phenoxy) is 2. The monoisotopic (exact) mass is 325 g/mol. The molecular formula is C18H15NO5. The second-order valence-corrected chi connectivity index (χ2v) is 5.27.